The topological polar surface area (TPSA) is 111 Å². The minimum absolute atomic E-state index is 0.0537. The summed E-state index contributed by atoms with van der Waals surface area (Å²) in [5.41, 5.74) is 6.81. The number of nitrogens with two attached hydrogens (primary N) is 1. The zero-order valence-electron chi connectivity index (χ0n) is 15.9. The van der Waals surface area contributed by atoms with Crippen molar-refractivity contribution < 1.29 is 23.5 Å². The first-order valence-corrected chi connectivity index (χ1v) is 9.21. The van der Waals surface area contributed by atoms with Crippen LogP contribution in [0.5, 0.6) is 0 Å². The second-order valence-electron chi connectivity index (χ2n) is 6.43. The average Bonchev–Trinajstić information content (AvgIpc) is 2.71. The fourth-order valence-corrected chi connectivity index (χ4v) is 2.57. The number of carbonyl (C=O) groups is 3. The number of primary amides is 1. The Hall–Kier alpha value is -3.42. The summed E-state index contributed by atoms with van der Waals surface area (Å²) in [6.45, 7) is 0.347. The van der Waals surface area contributed by atoms with Gasteiger partial charge in [-0.3, -0.25) is 9.59 Å². The zero-order chi connectivity index (χ0) is 21.1. The first-order valence-electron chi connectivity index (χ1n) is 9.21. The van der Waals surface area contributed by atoms with Crippen LogP contribution >= 0.6 is 0 Å². The Balaban J connectivity index is 1.84. The van der Waals surface area contributed by atoms with E-state index in [4.69, 9.17) is 10.5 Å². The smallest absolute Gasteiger partial charge is 0.408 e. The Bertz CT molecular complexity index is 812. The van der Waals surface area contributed by atoms with Gasteiger partial charge in [-0.1, -0.05) is 42.5 Å². The summed E-state index contributed by atoms with van der Waals surface area (Å²) in [4.78, 5) is 35.5. The largest absolute Gasteiger partial charge is 0.445 e. The van der Waals surface area contributed by atoms with Gasteiger partial charge in [0.15, 0.2) is 0 Å². The second kappa shape index (κ2) is 11.4. The Morgan fingerprint density at radius 2 is 1.69 bits per heavy atom. The number of hydrogen-bond donors (Lipinski definition) is 3. The predicted octanol–water partition coefficient (Wildman–Crippen LogP) is 2.04. The molecule has 0 unspecified atom stereocenters. The fraction of sp³-hybridized carbons (Fsp3) is 0.286. The van der Waals surface area contributed by atoms with Crippen molar-refractivity contribution in [2.45, 2.75) is 31.9 Å². The lowest BCUT2D eigenvalue weighted by Gasteiger charge is -2.18. The molecule has 0 spiro atoms. The number of nitrogens with one attached hydrogen (secondary N) is 2. The van der Waals surface area contributed by atoms with Crippen LogP contribution in [-0.4, -0.2) is 30.5 Å². The Kier molecular flexibility index (Phi) is 8.62. The third kappa shape index (κ3) is 8.42. The standard InChI is InChI=1S/C21H24FN3O4/c22-17-8-6-15(7-9-17)12-13-24-20(27)18(10-11-19(23)26)25-21(28)29-14-16-4-2-1-3-5-16/h1-9,18H,10-14H2,(H2,23,26)(H,24,27)(H,25,28)/t18-/m0/s1. The number of amides is 3. The van der Waals surface area contributed by atoms with Crippen molar-refractivity contribution in [1.29, 1.82) is 0 Å². The van der Waals surface area contributed by atoms with E-state index in [1.807, 2.05) is 18.2 Å². The zero-order valence-corrected chi connectivity index (χ0v) is 15.9. The molecule has 8 heteroatoms. The van der Waals surface area contributed by atoms with Crippen molar-refractivity contribution in [2.75, 3.05) is 6.54 Å². The van der Waals surface area contributed by atoms with E-state index < -0.39 is 23.9 Å². The van der Waals surface area contributed by atoms with E-state index in [2.05, 4.69) is 10.6 Å². The molecule has 7 nitrogen and oxygen atoms in total. The molecule has 0 saturated heterocycles. The highest BCUT2D eigenvalue weighted by Crippen LogP contribution is 2.05. The minimum atomic E-state index is -0.959. The van der Waals surface area contributed by atoms with Gasteiger partial charge in [0.05, 0.1) is 0 Å². The molecule has 4 N–H and O–H groups in total. The van der Waals surface area contributed by atoms with Gasteiger partial charge in [0.1, 0.15) is 18.5 Å². The average molecular weight is 401 g/mol. The molecule has 0 aliphatic rings. The third-order valence-electron chi connectivity index (χ3n) is 4.13. The van der Waals surface area contributed by atoms with E-state index in [9.17, 15) is 18.8 Å². The normalized spacial score (nSPS) is 11.3. The SMILES string of the molecule is NC(=O)CC[C@H](NC(=O)OCc1ccccc1)C(=O)NCCc1ccc(F)cc1. The van der Waals surface area contributed by atoms with Gasteiger partial charge in [0.25, 0.3) is 0 Å². The molecular formula is C21H24FN3O4. The van der Waals surface area contributed by atoms with Crippen molar-refractivity contribution in [1.82, 2.24) is 10.6 Å². The van der Waals surface area contributed by atoms with E-state index in [1.54, 1.807) is 24.3 Å². The van der Waals surface area contributed by atoms with Crippen LogP contribution in [0.2, 0.25) is 0 Å². The first kappa shape index (κ1) is 21.9. The quantitative estimate of drug-likeness (QED) is 0.566. The minimum Gasteiger partial charge on any atom is -0.445 e. The van der Waals surface area contributed by atoms with E-state index in [0.717, 1.165) is 11.1 Å². The highest BCUT2D eigenvalue weighted by Gasteiger charge is 2.22. The van der Waals surface area contributed by atoms with Crippen molar-refractivity contribution in [3.63, 3.8) is 0 Å². The van der Waals surface area contributed by atoms with Crippen LogP contribution in [0.4, 0.5) is 9.18 Å². The van der Waals surface area contributed by atoms with Crippen molar-refractivity contribution in [3.05, 3.63) is 71.5 Å². The molecular weight excluding hydrogens is 377 g/mol. The summed E-state index contributed by atoms with van der Waals surface area (Å²) in [6, 6.07) is 14.1. The molecule has 0 bridgehead atoms. The summed E-state index contributed by atoms with van der Waals surface area (Å²) in [6.07, 6.45) is -0.280. The molecule has 0 radical (unpaired) electrons. The number of carbonyl (C=O) groups excluding carboxylic acids is 3. The van der Waals surface area contributed by atoms with Crippen molar-refractivity contribution in [2.24, 2.45) is 5.73 Å². The van der Waals surface area contributed by atoms with E-state index in [-0.39, 0.29) is 31.8 Å². The predicted molar refractivity (Wildman–Crippen MR) is 105 cm³/mol. The number of hydrogen-bond acceptors (Lipinski definition) is 4. The van der Waals surface area contributed by atoms with Gasteiger partial charge in [-0.2, -0.15) is 0 Å². The van der Waals surface area contributed by atoms with Gasteiger partial charge in [-0.05, 0) is 36.1 Å². The van der Waals surface area contributed by atoms with Crippen LogP contribution in [0, 0.1) is 5.82 Å². The van der Waals surface area contributed by atoms with Crippen LogP contribution in [0.15, 0.2) is 54.6 Å². The molecule has 154 valence electrons. The lowest BCUT2D eigenvalue weighted by atomic mass is 10.1. The van der Waals surface area contributed by atoms with Crippen LogP contribution < -0.4 is 16.4 Å². The summed E-state index contributed by atoms with van der Waals surface area (Å²) in [5.74, 6) is -1.36. The first-order chi connectivity index (χ1) is 13.9. The van der Waals surface area contributed by atoms with E-state index in [0.29, 0.717) is 6.42 Å². The van der Waals surface area contributed by atoms with Gasteiger partial charge in [0.2, 0.25) is 11.8 Å². The Morgan fingerprint density at radius 3 is 2.34 bits per heavy atom. The molecule has 29 heavy (non-hydrogen) atoms. The molecule has 0 aromatic heterocycles. The Labute approximate surface area is 168 Å². The molecule has 0 heterocycles. The summed E-state index contributed by atoms with van der Waals surface area (Å²) < 4.78 is 18.0. The summed E-state index contributed by atoms with van der Waals surface area (Å²) in [5, 5.41) is 5.16. The van der Waals surface area contributed by atoms with Crippen LogP contribution in [0.25, 0.3) is 0 Å². The molecule has 1 atom stereocenters. The molecule has 2 aromatic rings. The second-order valence-corrected chi connectivity index (χ2v) is 6.43. The molecule has 0 aliphatic heterocycles. The van der Waals surface area contributed by atoms with Crippen LogP contribution in [0.1, 0.15) is 24.0 Å². The highest BCUT2D eigenvalue weighted by atomic mass is 19.1. The van der Waals surface area contributed by atoms with E-state index in [1.165, 1.54) is 12.1 Å². The van der Waals surface area contributed by atoms with Gasteiger partial charge in [-0.25, -0.2) is 9.18 Å². The van der Waals surface area contributed by atoms with Gasteiger partial charge < -0.3 is 21.1 Å². The maximum Gasteiger partial charge on any atom is 0.408 e. The Morgan fingerprint density at radius 1 is 1.00 bits per heavy atom. The molecule has 2 rings (SSSR count). The lowest BCUT2D eigenvalue weighted by Crippen LogP contribution is -2.47. The summed E-state index contributed by atoms with van der Waals surface area (Å²) in [7, 11) is 0. The van der Waals surface area contributed by atoms with Gasteiger partial charge >= 0.3 is 6.09 Å². The number of ether oxygens (including phenoxy) is 1. The van der Waals surface area contributed by atoms with Gasteiger partial charge in [-0.15, -0.1) is 0 Å². The molecule has 0 fully saturated rings. The van der Waals surface area contributed by atoms with Crippen molar-refractivity contribution >= 4 is 17.9 Å². The van der Waals surface area contributed by atoms with Gasteiger partial charge in [0, 0.05) is 13.0 Å². The number of benzene rings is 2. The highest BCUT2D eigenvalue weighted by molar-refractivity contribution is 5.86. The van der Waals surface area contributed by atoms with E-state index >= 15 is 0 Å². The molecule has 0 saturated carbocycles. The maximum atomic E-state index is 12.9. The molecule has 2 aromatic carbocycles. The lowest BCUT2D eigenvalue weighted by molar-refractivity contribution is -0.123. The summed E-state index contributed by atoms with van der Waals surface area (Å²) >= 11 is 0. The van der Waals surface area contributed by atoms with Crippen LogP contribution in [-0.2, 0) is 27.4 Å². The third-order valence-corrected chi connectivity index (χ3v) is 4.13. The van der Waals surface area contributed by atoms with Crippen LogP contribution in [0.3, 0.4) is 0 Å². The fourth-order valence-electron chi connectivity index (χ4n) is 2.57. The maximum absolute atomic E-state index is 12.9. The number of alkyl carbamates (subject to hydrolysis) is 1. The number of halogens is 1. The molecule has 0 aliphatic carbocycles. The monoisotopic (exact) mass is 401 g/mol. The van der Waals surface area contributed by atoms with Crippen molar-refractivity contribution in [3.8, 4) is 0 Å². The number of rotatable bonds is 10. The molecule has 3 amide bonds.